The van der Waals surface area contributed by atoms with E-state index in [0.29, 0.717) is 42.7 Å². The average molecular weight is 577 g/mol. The van der Waals surface area contributed by atoms with E-state index in [9.17, 15) is 19.7 Å². The summed E-state index contributed by atoms with van der Waals surface area (Å²) in [4.78, 5) is 32.2. The molecule has 2 N–H and O–H groups in total. The third kappa shape index (κ3) is 5.51. The molecule has 6 rings (SSSR count). The fourth-order valence-corrected chi connectivity index (χ4v) is 7.36. The van der Waals surface area contributed by atoms with Gasteiger partial charge >= 0.3 is 7.12 Å². The second-order valence-corrected chi connectivity index (χ2v) is 12.0. The number of carbonyl (C=O) groups is 2. The first-order valence-electron chi connectivity index (χ1n) is 14.9. The Morgan fingerprint density at radius 3 is 2.42 bits per heavy atom. The minimum absolute atomic E-state index is 0.00904. The Morgan fingerprint density at radius 1 is 1.05 bits per heavy atom. The molecule has 1 aliphatic heterocycles. The molecule has 7 nitrogen and oxygen atoms in total. The van der Waals surface area contributed by atoms with E-state index in [1.54, 1.807) is 37.6 Å². The number of hydrogen-bond donors (Lipinski definition) is 2. The molecular formula is C35H36BNO6. The molecule has 4 atom stereocenters. The minimum Gasteiger partial charge on any atom is -0.507 e. The molecule has 0 unspecified atom stereocenters. The number of Topliss-reactive ketones (excluding diaryl/α,β-unsaturated/α-hetero) is 2. The second-order valence-electron chi connectivity index (χ2n) is 12.0. The lowest BCUT2D eigenvalue weighted by atomic mass is 9.54. The van der Waals surface area contributed by atoms with Crippen molar-refractivity contribution in [1.29, 1.82) is 0 Å². The fourth-order valence-electron chi connectivity index (χ4n) is 7.36. The van der Waals surface area contributed by atoms with Gasteiger partial charge in [-0.3, -0.25) is 14.6 Å². The SMILES string of the molecule is COCC1=C2[C@@H](CC/C(=C/c3cc(C)c(O)c(C)c3)c3ccccn3)OB(O)C[C@@H]2[C@@H]2C(=O)c3ccccc3C(=O)[C@@H]2C1. The van der Waals surface area contributed by atoms with Gasteiger partial charge in [0.2, 0.25) is 0 Å². The summed E-state index contributed by atoms with van der Waals surface area (Å²) in [7, 11) is 0.584. The normalized spacial score (nSPS) is 23.6. The molecule has 3 aromatic rings. The molecule has 2 heterocycles. The van der Waals surface area contributed by atoms with Gasteiger partial charge in [0.1, 0.15) is 5.75 Å². The van der Waals surface area contributed by atoms with E-state index in [1.807, 2.05) is 44.2 Å². The third-order valence-corrected chi connectivity index (χ3v) is 9.20. The summed E-state index contributed by atoms with van der Waals surface area (Å²) < 4.78 is 11.8. The molecule has 0 amide bonds. The number of aryl methyl sites for hydroxylation is 2. The summed E-state index contributed by atoms with van der Waals surface area (Å²) in [6, 6.07) is 16.8. The van der Waals surface area contributed by atoms with Gasteiger partial charge in [-0.25, -0.2) is 0 Å². The highest BCUT2D eigenvalue weighted by atomic mass is 16.5. The smallest absolute Gasteiger partial charge is 0.455 e. The maximum absolute atomic E-state index is 13.9. The van der Waals surface area contributed by atoms with Crippen molar-refractivity contribution in [2.24, 2.45) is 17.8 Å². The van der Waals surface area contributed by atoms with Gasteiger partial charge in [-0.1, -0.05) is 30.3 Å². The highest BCUT2D eigenvalue weighted by molar-refractivity contribution is 6.43. The van der Waals surface area contributed by atoms with Crippen LogP contribution in [0.4, 0.5) is 0 Å². The number of pyridine rings is 1. The number of aromatic nitrogens is 1. The van der Waals surface area contributed by atoms with Gasteiger partial charge < -0.3 is 19.5 Å². The van der Waals surface area contributed by atoms with Crippen LogP contribution >= 0.6 is 0 Å². The van der Waals surface area contributed by atoms with Gasteiger partial charge in [-0.2, -0.15) is 0 Å². The first kappa shape index (κ1) is 29.2. The van der Waals surface area contributed by atoms with Gasteiger partial charge in [-0.15, -0.1) is 0 Å². The van der Waals surface area contributed by atoms with Gasteiger partial charge in [0, 0.05) is 36.3 Å². The Kier molecular flexibility index (Phi) is 8.18. The van der Waals surface area contributed by atoms with Crippen molar-refractivity contribution in [1.82, 2.24) is 4.98 Å². The summed E-state index contributed by atoms with van der Waals surface area (Å²) in [5.74, 6) is -1.07. The van der Waals surface area contributed by atoms with Crippen molar-refractivity contribution >= 4 is 30.3 Å². The van der Waals surface area contributed by atoms with Crippen molar-refractivity contribution in [2.75, 3.05) is 13.7 Å². The number of fused-ring (bicyclic) bond motifs is 4. The monoisotopic (exact) mass is 577 g/mol. The van der Waals surface area contributed by atoms with Gasteiger partial charge in [-0.05, 0) is 109 Å². The number of methoxy groups -OCH3 is 1. The van der Waals surface area contributed by atoms with Crippen LogP contribution in [-0.2, 0) is 9.39 Å². The number of nitrogens with zero attached hydrogens (tertiary/aromatic N) is 1. The Bertz CT molecular complexity index is 1610. The van der Waals surface area contributed by atoms with Crippen molar-refractivity contribution in [3.8, 4) is 5.75 Å². The van der Waals surface area contributed by atoms with Crippen LogP contribution in [0.25, 0.3) is 11.6 Å². The van der Waals surface area contributed by atoms with Crippen molar-refractivity contribution in [3.63, 3.8) is 0 Å². The minimum atomic E-state index is -1.05. The Morgan fingerprint density at radius 2 is 1.74 bits per heavy atom. The van der Waals surface area contributed by atoms with Gasteiger partial charge in [0.25, 0.3) is 0 Å². The number of benzene rings is 2. The zero-order chi connectivity index (χ0) is 30.2. The Labute approximate surface area is 252 Å². The fraction of sp³-hybridized carbons (Fsp3) is 0.343. The van der Waals surface area contributed by atoms with Crippen LogP contribution in [-0.4, -0.2) is 53.6 Å². The first-order chi connectivity index (χ1) is 20.8. The lowest BCUT2D eigenvalue weighted by molar-refractivity contribution is 0.0585. The maximum Gasteiger partial charge on any atom is 0.455 e. The first-order valence-corrected chi connectivity index (χ1v) is 14.9. The van der Waals surface area contributed by atoms with Crippen LogP contribution in [0.3, 0.4) is 0 Å². The molecule has 220 valence electrons. The maximum atomic E-state index is 13.9. The predicted molar refractivity (Wildman–Crippen MR) is 166 cm³/mol. The van der Waals surface area contributed by atoms with Crippen LogP contribution in [0, 0.1) is 31.6 Å². The molecule has 0 spiro atoms. The van der Waals surface area contributed by atoms with Crippen molar-refractivity contribution < 1.29 is 29.1 Å². The Balaban J connectivity index is 1.36. The van der Waals surface area contributed by atoms with Crippen LogP contribution in [0.1, 0.15) is 62.4 Å². The molecule has 1 aromatic heterocycles. The van der Waals surface area contributed by atoms with E-state index >= 15 is 0 Å². The van der Waals surface area contributed by atoms with Crippen LogP contribution in [0.2, 0.25) is 6.32 Å². The van der Waals surface area contributed by atoms with Crippen molar-refractivity contribution in [3.05, 3.63) is 105 Å². The lowest BCUT2D eigenvalue weighted by Gasteiger charge is -2.47. The highest BCUT2D eigenvalue weighted by Crippen LogP contribution is 2.51. The molecule has 8 heteroatoms. The number of phenolic OH excluding ortho intramolecular Hbond substituents is 1. The number of allylic oxidation sites excluding steroid dienone is 1. The largest absolute Gasteiger partial charge is 0.507 e. The van der Waals surface area contributed by atoms with E-state index in [0.717, 1.165) is 39.1 Å². The molecule has 3 aliphatic rings. The number of aromatic hydroxyl groups is 1. The van der Waals surface area contributed by atoms with E-state index < -0.39 is 25.1 Å². The van der Waals surface area contributed by atoms with Crippen LogP contribution in [0.15, 0.2) is 71.9 Å². The number of ether oxygens (including phenoxy) is 1. The predicted octanol–water partition coefficient (Wildman–Crippen LogP) is 5.88. The molecule has 1 fully saturated rings. The van der Waals surface area contributed by atoms with Gasteiger partial charge in [0.15, 0.2) is 11.6 Å². The molecule has 2 aromatic carbocycles. The zero-order valence-electron chi connectivity index (χ0n) is 24.7. The third-order valence-electron chi connectivity index (χ3n) is 9.20. The summed E-state index contributed by atoms with van der Waals surface area (Å²) in [6.45, 7) is 4.10. The molecular weight excluding hydrogens is 541 g/mol. The van der Waals surface area contributed by atoms with Crippen LogP contribution < -0.4 is 0 Å². The zero-order valence-corrected chi connectivity index (χ0v) is 24.7. The van der Waals surface area contributed by atoms with E-state index in [1.165, 1.54) is 0 Å². The molecule has 2 aliphatic carbocycles. The number of hydrogen-bond acceptors (Lipinski definition) is 7. The number of ketones is 2. The molecule has 0 bridgehead atoms. The average Bonchev–Trinajstić information content (AvgIpc) is 3.00. The quantitative estimate of drug-likeness (QED) is 0.267. The van der Waals surface area contributed by atoms with Crippen LogP contribution in [0.5, 0.6) is 5.75 Å². The lowest BCUT2D eigenvalue weighted by Crippen LogP contribution is -2.51. The molecule has 0 radical (unpaired) electrons. The number of carbonyl (C=O) groups excluding carboxylic acids is 2. The molecule has 43 heavy (non-hydrogen) atoms. The summed E-state index contributed by atoms with van der Waals surface area (Å²) in [5, 5.41) is 21.3. The van der Waals surface area contributed by atoms with Crippen molar-refractivity contribution in [2.45, 2.75) is 45.5 Å². The molecule has 0 saturated carbocycles. The summed E-state index contributed by atoms with van der Waals surface area (Å²) in [5.41, 5.74) is 7.32. The van der Waals surface area contributed by atoms with E-state index in [2.05, 4.69) is 11.1 Å². The van der Waals surface area contributed by atoms with E-state index in [-0.39, 0.29) is 23.8 Å². The summed E-state index contributed by atoms with van der Waals surface area (Å²) in [6.07, 6.45) is 5.23. The Hall–Kier alpha value is -3.85. The topological polar surface area (TPSA) is 106 Å². The standard InChI is InChI=1S/C35H36BNO6/c1-20-14-22(15-21(2)33(20)38)16-23(29-10-6-7-13-37-29)11-12-30-31-24(19-42-3)17-27-32(28(31)18-36(41)43-30)35(40)26-9-5-4-8-25(26)34(27)39/h4-10,13-16,27-28,30,32,38,41H,11-12,17-19H2,1-3H3/b23-16-/t27-,28+,30-,32-/m1/s1. The number of phenols is 1. The number of rotatable bonds is 7. The summed E-state index contributed by atoms with van der Waals surface area (Å²) >= 11 is 0. The van der Waals surface area contributed by atoms with Gasteiger partial charge in [0.05, 0.1) is 18.4 Å². The highest BCUT2D eigenvalue weighted by Gasteiger charge is 2.53. The molecule has 1 saturated heterocycles. The second kappa shape index (κ2) is 12.0. The van der Waals surface area contributed by atoms with E-state index in [4.69, 9.17) is 9.39 Å².